The van der Waals surface area contributed by atoms with Crippen LogP contribution in [0.1, 0.15) is 24.7 Å². The first-order valence-electron chi connectivity index (χ1n) is 8.78. The molecule has 1 aliphatic heterocycles. The van der Waals surface area contributed by atoms with Crippen molar-refractivity contribution in [3.8, 4) is 5.69 Å². The number of carbonyl (C=O) groups is 1. The largest absolute Gasteiger partial charge is 0.346 e. The number of carbonyl (C=O) groups excluding carboxylic acids is 1. The zero-order valence-corrected chi connectivity index (χ0v) is 16.4. The number of imidazole rings is 1. The van der Waals surface area contributed by atoms with Gasteiger partial charge in [-0.3, -0.25) is 19.7 Å². The van der Waals surface area contributed by atoms with Gasteiger partial charge in [-0.2, -0.15) is 0 Å². The van der Waals surface area contributed by atoms with Crippen molar-refractivity contribution in [3.05, 3.63) is 58.6 Å². The Morgan fingerprint density at radius 3 is 2.79 bits per heavy atom. The summed E-state index contributed by atoms with van der Waals surface area (Å²) in [6.07, 6.45) is 0.0434. The molecule has 2 heterocycles. The summed E-state index contributed by atoms with van der Waals surface area (Å²) >= 11 is 6.14. The summed E-state index contributed by atoms with van der Waals surface area (Å²) in [6, 6.07) is 10.3. The fourth-order valence-corrected chi connectivity index (χ4v) is 3.86. The first-order valence-corrected chi connectivity index (χ1v) is 9.16. The first kappa shape index (κ1) is 18.4. The van der Waals surface area contributed by atoms with E-state index in [1.165, 1.54) is 11.9 Å². The average Bonchev–Trinajstić information content (AvgIpc) is 2.95. The van der Waals surface area contributed by atoms with Crippen LogP contribution in [0.2, 0.25) is 5.02 Å². The Bertz CT molecular complexity index is 1120. The summed E-state index contributed by atoms with van der Waals surface area (Å²) in [7, 11) is 1.52. The fraction of sp³-hybridized carbons (Fsp3) is 0.250. The highest BCUT2D eigenvalue weighted by atomic mass is 35.5. The van der Waals surface area contributed by atoms with Gasteiger partial charge in [0, 0.05) is 17.6 Å². The molecule has 2 N–H and O–H groups in total. The standard InChI is InChI=1S/C20H19ClFN5O/c1-11-24-14-8-7-12(21)9-16(14)27(11)15-6-4-5-13(18(15)22)20(2)10-17(28)26(3)19(23)25-20/h4-9H,10H2,1-3H3,(H2,23,25)/t20-/m0/s1. The van der Waals surface area contributed by atoms with E-state index in [2.05, 4.69) is 10.3 Å². The van der Waals surface area contributed by atoms with Gasteiger partial charge < -0.3 is 5.32 Å². The first-order chi connectivity index (χ1) is 13.2. The number of hydrogen-bond donors (Lipinski definition) is 2. The quantitative estimate of drug-likeness (QED) is 0.689. The maximum Gasteiger partial charge on any atom is 0.231 e. The van der Waals surface area contributed by atoms with Gasteiger partial charge in [0.2, 0.25) is 5.91 Å². The highest BCUT2D eigenvalue weighted by Gasteiger charge is 2.40. The monoisotopic (exact) mass is 399 g/mol. The number of guanidine groups is 1. The summed E-state index contributed by atoms with van der Waals surface area (Å²) < 4.78 is 17.4. The molecule has 1 aromatic heterocycles. The number of nitrogens with zero attached hydrogens (tertiary/aromatic N) is 3. The van der Waals surface area contributed by atoms with Crippen LogP contribution in [-0.4, -0.2) is 33.4 Å². The topological polar surface area (TPSA) is 74.0 Å². The SMILES string of the molecule is Cc1nc2ccc(Cl)cc2n1-c1cccc([C@]2(C)CC(=O)N(C)C(=N)N2)c1F. The molecule has 1 atom stereocenters. The third kappa shape index (κ3) is 2.74. The molecule has 4 rings (SSSR count). The van der Waals surface area contributed by atoms with Crippen molar-refractivity contribution in [1.82, 2.24) is 19.8 Å². The van der Waals surface area contributed by atoms with E-state index in [9.17, 15) is 4.79 Å². The van der Waals surface area contributed by atoms with E-state index < -0.39 is 11.4 Å². The summed E-state index contributed by atoms with van der Waals surface area (Å²) in [5, 5.41) is 11.5. The molecule has 0 aliphatic carbocycles. The Balaban J connectivity index is 1.89. The molecule has 0 spiro atoms. The molecule has 1 saturated heterocycles. The zero-order valence-electron chi connectivity index (χ0n) is 15.7. The van der Waals surface area contributed by atoms with Gasteiger partial charge in [-0.15, -0.1) is 0 Å². The molecule has 0 unspecified atom stereocenters. The lowest BCUT2D eigenvalue weighted by Crippen LogP contribution is -2.58. The second kappa shape index (κ2) is 6.31. The number of hydrogen-bond acceptors (Lipinski definition) is 3. The highest BCUT2D eigenvalue weighted by Crippen LogP contribution is 2.34. The number of halogens is 2. The summed E-state index contributed by atoms with van der Waals surface area (Å²) in [4.78, 5) is 18.0. The molecule has 3 aromatic rings. The Morgan fingerprint density at radius 1 is 1.32 bits per heavy atom. The molecule has 1 fully saturated rings. The molecule has 1 aliphatic rings. The predicted octanol–water partition coefficient (Wildman–Crippen LogP) is 3.73. The number of nitrogens with one attached hydrogen (secondary N) is 2. The molecule has 144 valence electrons. The average molecular weight is 400 g/mol. The van der Waals surface area contributed by atoms with Crippen molar-refractivity contribution >= 4 is 34.5 Å². The van der Waals surface area contributed by atoms with E-state index in [1.807, 2.05) is 0 Å². The highest BCUT2D eigenvalue weighted by molar-refractivity contribution is 6.31. The maximum absolute atomic E-state index is 15.7. The van der Waals surface area contributed by atoms with E-state index in [0.29, 0.717) is 33.1 Å². The van der Waals surface area contributed by atoms with Gasteiger partial charge in [0.1, 0.15) is 5.82 Å². The van der Waals surface area contributed by atoms with Crippen LogP contribution in [0, 0.1) is 18.2 Å². The van der Waals surface area contributed by atoms with Gasteiger partial charge in [-0.05, 0) is 38.1 Å². The Morgan fingerprint density at radius 2 is 2.07 bits per heavy atom. The van der Waals surface area contributed by atoms with E-state index in [4.69, 9.17) is 17.0 Å². The number of benzene rings is 2. The van der Waals surface area contributed by atoms with Gasteiger partial charge in [0.15, 0.2) is 11.8 Å². The minimum atomic E-state index is -1.03. The van der Waals surface area contributed by atoms with Gasteiger partial charge >= 0.3 is 0 Å². The fourth-order valence-electron chi connectivity index (χ4n) is 3.69. The van der Waals surface area contributed by atoms with Crippen LogP contribution in [0.4, 0.5) is 4.39 Å². The normalized spacial score (nSPS) is 20.0. The van der Waals surface area contributed by atoms with Crippen molar-refractivity contribution < 1.29 is 9.18 Å². The molecule has 6 nitrogen and oxygen atoms in total. The smallest absolute Gasteiger partial charge is 0.231 e. The molecule has 8 heteroatoms. The lowest BCUT2D eigenvalue weighted by molar-refractivity contribution is -0.129. The molecule has 28 heavy (non-hydrogen) atoms. The van der Waals surface area contributed by atoms with Crippen LogP contribution < -0.4 is 5.32 Å². The van der Waals surface area contributed by atoms with E-state index in [0.717, 1.165) is 0 Å². The van der Waals surface area contributed by atoms with Crippen molar-refractivity contribution in [2.45, 2.75) is 25.8 Å². The third-order valence-electron chi connectivity index (χ3n) is 5.21. The van der Waals surface area contributed by atoms with Crippen molar-refractivity contribution in [3.63, 3.8) is 0 Å². The minimum Gasteiger partial charge on any atom is -0.346 e. The number of amides is 1. The van der Waals surface area contributed by atoms with E-state index in [1.54, 1.807) is 54.8 Å². The minimum absolute atomic E-state index is 0.0434. The van der Waals surface area contributed by atoms with Gasteiger partial charge in [-0.1, -0.05) is 23.7 Å². The summed E-state index contributed by atoms with van der Waals surface area (Å²) in [5.74, 6) is -0.143. The molecular formula is C20H19ClFN5O. The van der Waals surface area contributed by atoms with E-state index >= 15 is 4.39 Å². The Kier molecular flexibility index (Phi) is 4.15. The molecule has 0 saturated carbocycles. The van der Waals surface area contributed by atoms with Crippen molar-refractivity contribution in [2.24, 2.45) is 0 Å². The Labute approximate surface area is 166 Å². The number of rotatable bonds is 2. The third-order valence-corrected chi connectivity index (χ3v) is 5.44. The van der Waals surface area contributed by atoms with Crippen molar-refractivity contribution in [2.75, 3.05) is 7.05 Å². The zero-order chi connectivity index (χ0) is 20.2. The molecule has 0 radical (unpaired) electrons. The molecule has 0 bridgehead atoms. The maximum atomic E-state index is 15.7. The second-order valence-corrected chi connectivity index (χ2v) is 7.64. The van der Waals surface area contributed by atoms with Gasteiger partial charge in [0.05, 0.1) is 28.7 Å². The summed E-state index contributed by atoms with van der Waals surface area (Å²) in [5.41, 5.74) is 1.03. The number of aryl methyl sites for hydroxylation is 1. The van der Waals surface area contributed by atoms with Crippen LogP contribution in [-0.2, 0) is 10.3 Å². The van der Waals surface area contributed by atoms with E-state index in [-0.39, 0.29) is 18.3 Å². The predicted molar refractivity (Wildman–Crippen MR) is 106 cm³/mol. The van der Waals surface area contributed by atoms with Gasteiger partial charge in [-0.25, -0.2) is 9.37 Å². The van der Waals surface area contributed by atoms with Crippen LogP contribution in [0.15, 0.2) is 36.4 Å². The summed E-state index contributed by atoms with van der Waals surface area (Å²) in [6.45, 7) is 3.53. The Hall–Kier alpha value is -2.93. The lowest BCUT2D eigenvalue weighted by Gasteiger charge is -2.39. The van der Waals surface area contributed by atoms with Gasteiger partial charge in [0.25, 0.3) is 0 Å². The number of fused-ring (bicyclic) bond motifs is 1. The van der Waals surface area contributed by atoms with Crippen LogP contribution in [0.25, 0.3) is 16.7 Å². The van der Waals surface area contributed by atoms with Crippen molar-refractivity contribution in [1.29, 1.82) is 5.41 Å². The molecule has 2 aromatic carbocycles. The van der Waals surface area contributed by atoms with Crippen LogP contribution in [0.5, 0.6) is 0 Å². The molecular weight excluding hydrogens is 381 g/mol. The lowest BCUT2D eigenvalue weighted by atomic mass is 9.86. The molecule has 1 amide bonds. The number of aromatic nitrogens is 2. The van der Waals surface area contributed by atoms with Crippen LogP contribution in [0.3, 0.4) is 0 Å². The van der Waals surface area contributed by atoms with Crippen LogP contribution >= 0.6 is 11.6 Å². The second-order valence-electron chi connectivity index (χ2n) is 7.20.